The van der Waals surface area contributed by atoms with Gasteiger partial charge in [0.1, 0.15) is 11.8 Å². The maximum atomic E-state index is 13.5. The van der Waals surface area contributed by atoms with Gasteiger partial charge in [-0.05, 0) is 73.8 Å². The van der Waals surface area contributed by atoms with E-state index in [-0.39, 0.29) is 17.6 Å². The van der Waals surface area contributed by atoms with Crippen molar-refractivity contribution in [3.8, 4) is 0 Å². The molecule has 0 amide bonds. The van der Waals surface area contributed by atoms with Gasteiger partial charge in [0.2, 0.25) is 5.95 Å². The number of aryl methyl sites for hydroxylation is 2. The van der Waals surface area contributed by atoms with E-state index in [4.69, 9.17) is 6.35 Å². The molecule has 4 aromatic rings. The highest BCUT2D eigenvalue weighted by atomic mass is 16.1. The van der Waals surface area contributed by atoms with E-state index in [9.17, 15) is 4.79 Å². The van der Waals surface area contributed by atoms with Gasteiger partial charge in [0.05, 0.1) is 18.1 Å². The lowest BCUT2D eigenvalue weighted by molar-refractivity contribution is -0.0673. The van der Waals surface area contributed by atoms with Crippen molar-refractivity contribution >= 4 is 28.4 Å². The number of hydrogen-bond donors (Lipinski definition) is 1. The first kappa shape index (κ1) is 18.2. The molecule has 1 N–H and O–H groups in total. The highest BCUT2D eigenvalue weighted by molar-refractivity contribution is 5.73. The van der Waals surface area contributed by atoms with E-state index in [1.54, 1.807) is 22.3 Å². The minimum atomic E-state index is -0.315. The number of aromatic nitrogens is 7. The second-order valence-corrected chi connectivity index (χ2v) is 10.3. The van der Waals surface area contributed by atoms with E-state index in [0.29, 0.717) is 35.3 Å². The number of nitrogens with one attached hydrogen (secondary N) is 1. The molecule has 0 radical (unpaired) electrons. The molecule has 4 heterocycles. The number of hydrogen-bond acceptors (Lipinski definition) is 6. The van der Waals surface area contributed by atoms with Gasteiger partial charge in [0, 0.05) is 14.5 Å². The van der Waals surface area contributed by atoms with Gasteiger partial charge in [-0.15, -0.1) is 0 Å². The summed E-state index contributed by atoms with van der Waals surface area (Å²) in [5.74, 6) is 1.90. The lowest BCUT2D eigenvalue weighted by Gasteiger charge is -2.57. The molecule has 33 heavy (non-hydrogen) atoms. The number of nitrogens with zero attached hydrogens (tertiary/aromatic N) is 7. The van der Waals surface area contributed by atoms with Gasteiger partial charge in [-0.1, -0.05) is 6.92 Å². The first-order valence-corrected chi connectivity index (χ1v) is 11.8. The second-order valence-electron chi connectivity index (χ2n) is 10.3. The van der Waals surface area contributed by atoms with Gasteiger partial charge in [0.15, 0.2) is 11.3 Å². The van der Waals surface area contributed by atoms with Crippen LogP contribution >= 0.6 is 0 Å². The van der Waals surface area contributed by atoms with E-state index in [2.05, 4.69) is 27.3 Å². The van der Waals surface area contributed by atoms with Gasteiger partial charge < -0.3 is 5.32 Å². The summed E-state index contributed by atoms with van der Waals surface area (Å²) in [5, 5.41) is 7.54. The number of pyridine rings is 1. The van der Waals surface area contributed by atoms with Crippen molar-refractivity contribution in [2.45, 2.75) is 45.6 Å². The highest BCUT2D eigenvalue weighted by Gasteiger charge is 2.52. The van der Waals surface area contributed by atoms with Crippen molar-refractivity contribution in [1.29, 1.82) is 0 Å². The van der Waals surface area contributed by atoms with Crippen molar-refractivity contribution < 1.29 is 1.37 Å². The molecule has 4 fully saturated rings. The lowest BCUT2D eigenvalue weighted by atomic mass is 9.50. The minimum Gasteiger partial charge on any atom is -0.323 e. The summed E-state index contributed by atoms with van der Waals surface area (Å²) in [6, 6.07) is 2.11. The normalized spacial score (nSPS) is 33.2. The van der Waals surface area contributed by atoms with Crippen LogP contribution in [-0.2, 0) is 7.05 Å². The molecular weight excluding hydrogens is 416 g/mol. The van der Waals surface area contributed by atoms with E-state index < -0.39 is 0 Å². The molecule has 0 unspecified atom stereocenters. The SMILES string of the molecule is [2H]C1(C)C2CC3CC1CC(C2)C3n1c(=O)n(C)c2cnc(Nc3cn4ncnc4cc3C)nc21. The average Bonchev–Trinajstić information content (AvgIpc) is 3.33. The van der Waals surface area contributed by atoms with Crippen molar-refractivity contribution in [1.82, 2.24) is 33.7 Å². The van der Waals surface area contributed by atoms with Crippen LogP contribution in [0.25, 0.3) is 16.8 Å². The predicted octanol–water partition coefficient (Wildman–Crippen LogP) is 3.47. The van der Waals surface area contributed by atoms with Gasteiger partial charge in [-0.3, -0.25) is 9.13 Å². The quantitative estimate of drug-likeness (QED) is 0.519. The van der Waals surface area contributed by atoms with E-state index in [0.717, 1.165) is 48.1 Å². The number of imidazole rings is 1. The molecule has 4 saturated carbocycles. The molecule has 4 aliphatic carbocycles. The zero-order valence-corrected chi connectivity index (χ0v) is 19.1. The Balaban J connectivity index is 1.30. The molecule has 4 aliphatic rings. The maximum Gasteiger partial charge on any atom is 0.330 e. The molecular formula is C24H28N8O. The summed E-state index contributed by atoms with van der Waals surface area (Å²) in [7, 11) is 1.80. The largest absolute Gasteiger partial charge is 0.330 e. The third-order valence-corrected chi connectivity index (χ3v) is 8.60. The Hall–Kier alpha value is -3.23. The molecule has 0 saturated heterocycles. The lowest BCUT2D eigenvalue weighted by Crippen LogP contribution is -2.51. The van der Waals surface area contributed by atoms with Crippen LogP contribution in [-0.4, -0.2) is 33.7 Å². The Morgan fingerprint density at radius 3 is 2.58 bits per heavy atom. The molecule has 9 heteroatoms. The monoisotopic (exact) mass is 445 g/mol. The summed E-state index contributed by atoms with van der Waals surface area (Å²) in [6.07, 6.45) is 9.28. The van der Waals surface area contributed by atoms with Crippen LogP contribution in [0.5, 0.6) is 0 Å². The number of fused-ring (bicyclic) bond motifs is 2. The fraction of sp³-hybridized carbons (Fsp3) is 0.542. The Bertz CT molecular complexity index is 1480. The van der Waals surface area contributed by atoms with Crippen LogP contribution in [0.4, 0.5) is 11.6 Å². The fourth-order valence-electron chi connectivity index (χ4n) is 6.96. The molecule has 0 spiro atoms. The summed E-state index contributed by atoms with van der Waals surface area (Å²) in [5.41, 5.74) is 4.05. The summed E-state index contributed by atoms with van der Waals surface area (Å²) in [4.78, 5) is 27.1. The van der Waals surface area contributed by atoms with Crippen LogP contribution in [0.3, 0.4) is 0 Å². The molecule has 4 aromatic heterocycles. The van der Waals surface area contributed by atoms with Gasteiger partial charge >= 0.3 is 5.69 Å². The van der Waals surface area contributed by atoms with Crippen molar-refractivity contribution in [3.63, 3.8) is 0 Å². The fourth-order valence-corrected chi connectivity index (χ4v) is 6.96. The first-order chi connectivity index (χ1) is 16.3. The van der Waals surface area contributed by atoms with E-state index >= 15 is 0 Å². The molecule has 0 aromatic carbocycles. The topological polar surface area (TPSA) is 94.9 Å². The Kier molecular flexibility index (Phi) is 3.67. The molecule has 9 nitrogen and oxygen atoms in total. The van der Waals surface area contributed by atoms with Crippen molar-refractivity contribution in [3.05, 3.63) is 40.8 Å². The predicted molar refractivity (Wildman–Crippen MR) is 124 cm³/mol. The zero-order chi connectivity index (χ0) is 23.4. The van der Waals surface area contributed by atoms with Gasteiger partial charge in [-0.25, -0.2) is 19.3 Å². The van der Waals surface area contributed by atoms with Crippen LogP contribution < -0.4 is 11.0 Å². The number of anilines is 2. The van der Waals surface area contributed by atoms with Crippen molar-refractivity contribution in [2.24, 2.45) is 36.6 Å². The minimum absolute atomic E-state index is 0.0206. The Morgan fingerprint density at radius 1 is 1.12 bits per heavy atom. The molecule has 0 aliphatic heterocycles. The smallest absolute Gasteiger partial charge is 0.323 e. The van der Waals surface area contributed by atoms with Crippen LogP contribution in [0.15, 0.2) is 29.6 Å². The van der Waals surface area contributed by atoms with Crippen LogP contribution in [0, 0.1) is 36.5 Å². The second kappa shape index (κ2) is 6.65. The summed E-state index contributed by atoms with van der Waals surface area (Å²) in [6.45, 7) is 4.13. The van der Waals surface area contributed by atoms with Gasteiger partial charge in [-0.2, -0.15) is 10.1 Å². The highest BCUT2D eigenvalue weighted by Crippen LogP contribution is 2.60. The first-order valence-electron chi connectivity index (χ1n) is 12.3. The van der Waals surface area contributed by atoms with Gasteiger partial charge in [0.25, 0.3) is 0 Å². The van der Waals surface area contributed by atoms with E-state index in [1.165, 1.54) is 6.33 Å². The third-order valence-electron chi connectivity index (χ3n) is 8.60. The molecule has 8 rings (SSSR count). The average molecular weight is 446 g/mol. The summed E-state index contributed by atoms with van der Waals surface area (Å²) >= 11 is 0. The van der Waals surface area contributed by atoms with Crippen LogP contribution in [0.1, 0.15) is 45.6 Å². The molecule has 0 atom stereocenters. The molecule has 170 valence electrons. The Morgan fingerprint density at radius 2 is 1.85 bits per heavy atom. The van der Waals surface area contributed by atoms with Crippen molar-refractivity contribution in [2.75, 3.05) is 5.32 Å². The number of rotatable bonds is 3. The Labute approximate surface area is 192 Å². The maximum absolute atomic E-state index is 13.5. The molecule has 4 bridgehead atoms. The van der Waals surface area contributed by atoms with E-state index in [1.807, 2.05) is 23.8 Å². The third kappa shape index (κ3) is 2.68. The standard InChI is InChI=1S/C24H28N8O/c1-12-4-20-26-11-27-31(20)10-18(12)28-23-25-9-19-22(29-23)32(24(33)30(19)3)21-16-5-14-6-17(21)8-15(7-16)13(14)2/h4,9-11,13-17,21H,5-8H2,1-3H3,(H,25,28,29)/i13D. The van der Waals surface area contributed by atoms with Crippen LogP contribution in [0.2, 0.25) is 0 Å². The zero-order valence-electron chi connectivity index (χ0n) is 20.1. The summed E-state index contributed by atoms with van der Waals surface area (Å²) < 4.78 is 14.2.